The highest BCUT2D eigenvalue weighted by Gasteiger charge is 2.24. The van der Waals surface area contributed by atoms with Crippen molar-refractivity contribution in [3.05, 3.63) is 41.6 Å². The summed E-state index contributed by atoms with van der Waals surface area (Å²) in [6, 6.07) is 9.82. The number of benzene rings is 1. The van der Waals surface area contributed by atoms with Crippen LogP contribution in [0.2, 0.25) is 5.02 Å². The summed E-state index contributed by atoms with van der Waals surface area (Å²) in [6.45, 7) is 5.83. The molecule has 1 aromatic carbocycles. The van der Waals surface area contributed by atoms with Crippen LogP contribution in [0.15, 0.2) is 36.5 Å². The van der Waals surface area contributed by atoms with Crippen LogP contribution in [0.25, 0.3) is 16.9 Å². The Kier molecular flexibility index (Phi) is 6.51. The van der Waals surface area contributed by atoms with Gasteiger partial charge in [-0.05, 0) is 36.7 Å². The molecule has 2 aromatic heterocycles. The Morgan fingerprint density at radius 1 is 1.29 bits per heavy atom. The molecule has 0 atom stereocenters. The summed E-state index contributed by atoms with van der Waals surface area (Å²) in [6.07, 6.45) is 4.96. The fraction of sp³-hybridized carbons (Fsp3) is 0.435. The molecule has 0 aliphatic carbocycles. The van der Waals surface area contributed by atoms with E-state index in [0.717, 1.165) is 49.4 Å². The molecular weight excluding hydrogens is 409 g/mol. The van der Waals surface area contributed by atoms with E-state index in [2.05, 4.69) is 29.2 Å². The molecule has 0 spiro atoms. The Labute approximate surface area is 189 Å². The van der Waals surface area contributed by atoms with Gasteiger partial charge in [0.1, 0.15) is 13.7 Å². The number of piperidine rings is 1. The Hall–Kier alpha value is -2.54. The number of carbonyl (C=O) groups excluding carboxylic acids is 1. The van der Waals surface area contributed by atoms with E-state index in [1.165, 1.54) is 0 Å². The molecule has 3 heterocycles. The summed E-state index contributed by atoms with van der Waals surface area (Å²) in [7, 11) is 6.11. The SMILES string of the molecule is [B]c1cnn2c(NC3CCN(C(=O)CCC(C)C)CC3)cc(-c3ccccc3Cl)nc12. The van der Waals surface area contributed by atoms with Crippen LogP contribution in [0.1, 0.15) is 39.5 Å². The van der Waals surface area contributed by atoms with Gasteiger partial charge in [0.05, 0.1) is 5.69 Å². The minimum Gasteiger partial charge on any atom is -0.367 e. The first-order chi connectivity index (χ1) is 14.9. The lowest BCUT2D eigenvalue weighted by molar-refractivity contribution is -0.132. The van der Waals surface area contributed by atoms with E-state index < -0.39 is 0 Å². The van der Waals surface area contributed by atoms with Crippen molar-refractivity contribution in [1.29, 1.82) is 0 Å². The van der Waals surface area contributed by atoms with Gasteiger partial charge in [0.25, 0.3) is 0 Å². The summed E-state index contributed by atoms with van der Waals surface area (Å²) in [5.41, 5.74) is 2.71. The quantitative estimate of drug-likeness (QED) is 0.600. The number of halogens is 1. The smallest absolute Gasteiger partial charge is 0.222 e. The van der Waals surface area contributed by atoms with Gasteiger partial charge in [0.15, 0.2) is 5.65 Å². The van der Waals surface area contributed by atoms with Crippen LogP contribution in [0.3, 0.4) is 0 Å². The number of rotatable bonds is 6. The standard InChI is InChI=1S/C23H27BClN5O/c1-15(2)7-8-22(31)29-11-9-16(10-12-29)27-21-13-20(17-5-3-4-6-19(17)25)28-23-18(24)14-26-30(21)23/h3-6,13-16,27H,7-12H2,1-2H3. The number of likely N-dealkylation sites (tertiary alicyclic amines) is 1. The van der Waals surface area contributed by atoms with E-state index in [-0.39, 0.29) is 11.9 Å². The first-order valence-electron chi connectivity index (χ1n) is 10.9. The lowest BCUT2D eigenvalue weighted by atomic mass is 10.0. The van der Waals surface area contributed by atoms with Gasteiger partial charge in [-0.2, -0.15) is 9.61 Å². The zero-order chi connectivity index (χ0) is 22.0. The highest BCUT2D eigenvalue weighted by atomic mass is 35.5. The van der Waals surface area contributed by atoms with Crippen LogP contribution >= 0.6 is 11.6 Å². The molecular formula is C23H27BClN5O. The first-order valence-corrected chi connectivity index (χ1v) is 11.2. The number of nitrogens with one attached hydrogen (secondary N) is 1. The van der Waals surface area contributed by atoms with Crippen molar-refractivity contribution in [2.24, 2.45) is 5.92 Å². The fourth-order valence-corrected chi connectivity index (χ4v) is 4.17. The molecule has 0 bridgehead atoms. The predicted octanol–water partition coefficient (Wildman–Crippen LogP) is 3.68. The second-order valence-corrected chi connectivity index (χ2v) is 8.98. The maximum absolute atomic E-state index is 12.4. The molecule has 3 aromatic rings. The third-order valence-corrected chi connectivity index (χ3v) is 6.11. The molecule has 0 unspecified atom stereocenters. The van der Waals surface area contributed by atoms with Crippen LogP contribution in [-0.2, 0) is 4.79 Å². The predicted molar refractivity (Wildman–Crippen MR) is 126 cm³/mol. The lowest BCUT2D eigenvalue weighted by Crippen LogP contribution is -2.42. The van der Waals surface area contributed by atoms with E-state index in [0.29, 0.717) is 28.5 Å². The molecule has 31 heavy (non-hydrogen) atoms. The number of hydrogen-bond acceptors (Lipinski definition) is 4. The molecule has 6 nitrogen and oxygen atoms in total. The second kappa shape index (κ2) is 9.31. The average Bonchev–Trinajstić information content (AvgIpc) is 3.14. The minimum atomic E-state index is 0.240. The molecule has 160 valence electrons. The Morgan fingerprint density at radius 3 is 2.74 bits per heavy atom. The second-order valence-electron chi connectivity index (χ2n) is 8.57. The molecule has 1 fully saturated rings. The van der Waals surface area contributed by atoms with Gasteiger partial charge in [0, 0.05) is 48.4 Å². The van der Waals surface area contributed by atoms with Crippen LogP contribution in [0.4, 0.5) is 5.82 Å². The number of amides is 1. The van der Waals surface area contributed by atoms with Gasteiger partial charge in [-0.15, -0.1) is 0 Å². The van der Waals surface area contributed by atoms with Crippen molar-refractivity contribution < 1.29 is 4.79 Å². The highest BCUT2D eigenvalue weighted by molar-refractivity contribution is 6.36. The summed E-state index contributed by atoms with van der Waals surface area (Å²) in [4.78, 5) is 19.1. The number of carbonyl (C=O) groups is 1. The molecule has 1 aliphatic heterocycles. The molecule has 8 heteroatoms. The van der Waals surface area contributed by atoms with Gasteiger partial charge in [-0.3, -0.25) is 4.79 Å². The summed E-state index contributed by atoms with van der Waals surface area (Å²) < 4.78 is 1.73. The number of nitrogens with zero attached hydrogens (tertiary/aromatic N) is 4. The van der Waals surface area contributed by atoms with Crippen LogP contribution < -0.4 is 10.8 Å². The van der Waals surface area contributed by atoms with Crippen molar-refractivity contribution >= 4 is 42.3 Å². The van der Waals surface area contributed by atoms with Gasteiger partial charge >= 0.3 is 0 Å². The normalized spacial score (nSPS) is 15.0. The monoisotopic (exact) mass is 435 g/mol. The average molecular weight is 436 g/mol. The van der Waals surface area contributed by atoms with Crippen molar-refractivity contribution in [3.63, 3.8) is 0 Å². The number of aromatic nitrogens is 3. The molecule has 1 amide bonds. The van der Waals surface area contributed by atoms with Crippen molar-refractivity contribution in [2.45, 2.75) is 45.6 Å². The molecule has 0 saturated carbocycles. The maximum atomic E-state index is 12.4. The third-order valence-electron chi connectivity index (χ3n) is 5.78. The Balaban J connectivity index is 1.51. The van der Waals surface area contributed by atoms with E-state index in [9.17, 15) is 4.79 Å². The highest BCUT2D eigenvalue weighted by Crippen LogP contribution is 2.29. The largest absolute Gasteiger partial charge is 0.367 e. The van der Waals surface area contributed by atoms with Gasteiger partial charge < -0.3 is 10.2 Å². The third kappa shape index (κ3) is 4.87. The zero-order valence-corrected chi connectivity index (χ0v) is 18.8. The van der Waals surface area contributed by atoms with Crippen molar-refractivity contribution in [2.75, 3.05) is 18.4 Å². The zero-order valence-electron chi connectivity index (χ0n) is 18.0. The Morgan fingerprint density at radius 2 is 2.03 bits per heavy atom. The molecule has 1 N–H and O–H groups in total. The number of anilines is 1. The summed E-state index contributed by atoms with van der Waals surface area (Å²) >= 11 is 6.41. The maximum Gasteiger partial charge on any atom is 0.222 e. The van der Waals surface area contributed by atoms with Gasteiger partial charge in [0.2, 0.25) is 5.91 Å². The molecule has 1 saturated heterocycles. The summed E-state index contributed by atoms with van der Waals surface area (Å²) in [5.74, 6) is 1.63. The molecule has 2 radical (unpaired) electrons. The van der Waals surface area contributed by atoms with Gasteiger partial charge in [-0.25, -0.2) is 4.98 Å². The number of hydrogen-bond donors (Lipinski definition) is 1. The topological polar surface area (TPSA) is 62.5 Å². The molecule has 1 aliphatic rings. The Bertz CT molecular complexity index is 1080. The summed E-state index contributed by atoms with van der Waals surface area (Å²) in [5, 5.41) is 8.63. The van der Waals surface area contributed by atoms with E-state index in [1.807, 2.05) is 35.2 Å². The van der Waals surface area contributed by atoms with Gasteiger partial charge in [-0.1, -0.05) is 43.6 Å². The van der Waals surface area contributed by atoms with Crippen molar-refractivity contribution in [1.82, 2.24) is 19.5 Å². The lowest BCUT2D eigenvalue weighted by Gasteiger charge is -2.33. The number of fused-ring (bicyclic) bond motifs is 1. The van der Waals surface area contributed by atoms with Crippen LogP contribution in [-0.4, -0.2) is 52.4 Å². The van der Waals surface area contributed by atoms with Crippen LogP contribution in [0, 0.1) is 5.92 Å². The van der Waals surface area contributed by atoms with Crippen molar-refractivity contribution in [3.8, 4) is 11.3 Å². The fourth-order valence-electron chi connectivity index (χ4n) is 3.94. The van der Waals surface area contributed by atoms with Crippen LogP contribution in [0.5, 0.6) is 0 Å². The minimum absolute atomic E-state index is 0.240. The van der Waals surface area contributed by atoms with E-state index in [1.54, 1.807) is 10.7 Å². The first kappa shape index (κ1) is 21.7. The van der Waals surface area contributed by atoms with E-state index >= 15 is 0 Å². The van der Waals surface area contributed by atoms with E-state index in [4.69, 9.17) is 19.4 Å². The molecule has 4 rings (SSSR count).